The molecule has 144 valence electrons. The molecule has 4 nitrogen and oxygen atoms in total. The van der Waals surface area contributed by atoms with Gasteiger partial charge in [0.05, 0.1) is 5.56 Å². The summed E-state index contributed by atoms with van der Waals surface area (Å²) in [6.45, 7) is 1.78. The van der Waals surface area contributed by atoms with Crippen LogP contribution in [0.4, 0.5) is 5.69 Å². The lowest BCUT2D eigenvalue weighted by molar-refractivity contribution is -0.112. The third kappa shape index (κ3) is 5.53. The molecule has 0 aliphatic rings. The number of amides is 1. The highest BCUT2D eigenvalue weighted by Gasteiger charge is 2.07. The number of aromatic carboxylic acids is 1. The number of hydrogen-bond acceptors (Lipinski definition) is 2. The molecular formula is C25H21NO3. The van der Waals surface area contributed by atoms with Gasteiger partial charge < -0.3 is 10.4 Å². The zero-order chi connectivity index (χ0) is 20.6. The van der Waals surface area contributed by atoms with Crippen molar-refractivity contribution in [3.8, 4) is 0 Å². The molecule has 0 heterocycles. The van der Waals surface area contributed by atoms with Crippen LogP contribution < -0.4 is 5.32 Å². The van der Waals surface area contributed by atoms with Crippen molar-refractivity contribution in [1.29, 1.82) is 0 Å². The molecule has 0 aliphatic heterocycles. The van der Waals surface area contributed by atoms with E-state index in [4.69, 9.17) is 5.11 Å². The first-order chi connectivity index (χ1) is 14.0. The fourth-order valence-corrected chi connectivity index (χ4v) is 2.76. The Hall–Kier alpha value is -3.92. The van der Waals surface area contributed by atoms with Gasteiger partial charge in [0.1, 0.15) is 0 Å². The van der Waals surface area contributed by atoms with Crippen LogP contribution in [0.5, 0.6) is 0 Å². The quantitative estimate of drug-likeness (QED) is 0.430. The molecule has 1 amide bonds. The van der Waals surface area contributed by atoms with E-state index in [1.54, 1.807) is 31.2 Å². The van der Waals surface area contributed by atoms with Crippen LogP contribution in [0, 0.1) is 0 Å². The number of nitrogens with one attached hydrogen (secondary N) is 1. The Labute approximate surface area is 169 Å². The molecule has 0 spiro atoms. The number of anilines is 1. The van der Waals surface area contributed by atoms with Crippen molar-refractivity contribution >= 4 is 35.8 Å². The fraction of sp³-hybridized carbons (Fsp3) is 0.0400. The molecule has 0 atom stereocenters. The number of hydrogen-bond donors (Lipinski definition) is 2. The molecule has 0 saturated heterocycles. The number of rotatable bonds is 6. The molecule has 0 bridgehead atoms. The zero-order valence-corrected chi connectivity index (χ0v) is 16.0. The molecule has 0 unspecified atom stereocenters. The minimum atomic E-state index is -0.951. The summed E-state index contributed by atoms with van der Waals surface area (Å²) < 4.78 is 0. The molecule has 3 rings (SSSR count). The highest BCUT2D eigenvalue weighted by Crippen LogP contribution is 2.20. The van der Waals surface area contributed by atoms with Gasteiger partial charge in [-0.15, -0.1) is 0 Å². The molecule has 3 aromatic rings. The van der Waals surface area contributed by atoms with Gasteiger partial charge in [0, 0.05) is 11.3 Å². The lowest BCUT2D eigenvalue weighted by Crippen LogP contribution is -2.13. The maximum absolute atomic E-state index is 12.6. The SMILES string of the molecule is CC(=Cc1ccccc1)C(=O)Nc1ccccc1C=Cc1ccc(C(=O)O)cc1. The van der Waals surface area contributed by atoms with Gasteiger partial charge in [-0.05, 0) is 47.9 Å². The van der Waals surface area contributed by atoms with Crippen LogP contribution in [-0.2, 0) is 4.79 Å². The Morgan fingerprint density at radius 3 is 2.14 bits per heavy atom. The molecule has 0 radical (unpaired) electrons. The number of para-hydroxylation sites is 1. The van der Waals surface area contributed by atoms with Crippen LogP contribution in [0.15, 0.2) is 84.4 Å². The maximum atomic E-state index is 12.6. The van der Waals surface area contributed by atoms with E-state index in [2.05, 4.69) is 5.32 Å². The first kappa shape index (κ1) is 19.8. The highest BCUT2D eigenvalue weighted by molar-refractivity contribution is 6.07. The van der Waals surface area contributed by atoms with E-state index >= 15 is 0 Å². The van der Waals surface area contributed by atoms with Gasteiger partial charge in [0.15, 0.2) is 0 Å². The summed E-state index contributed by atoms with van der Waals surface area (Å²) in [5.74, 6) is -1.12. The number of carboxylic acids is 1. The molecule has 0 aliphatic carbocycles. The standard InChI is InChI=1S/C25H21NO3/c1-18(17-20-7-3-2-4-8-20)24(27)26-23-10-6-5-9-21(23)14-11-19-12-15-22(16-13-19)25(28)29/h2-17H,1H3,(H,26,27)(H,28,29). The van der Waals surface area contributed by atoms with Gasteiger partial charge in [-0.25, -0.2) is 4.79 Å². The van der Waals surface area contributed by atoms with Crippen molar-refractivity contribution in [2.45, 2.75) is 6.92 Å². The molecule has 4 heteroatoms. The Morgan fingerprint density at radius 1 is 0.793 bits per heavy atom. The van der Waals surface area contributed by atoms with Crippen molar-refractivity contribution in [3.05, 3.63) is 107 Å². The average Bonchev–Trinajstić information content (AvgIpc) is 2.74. The lowest BCUT2D eigenvalue weighted by Gasteiger charge is -2.09. The van der Waals surface area contributed by atoms with Crippen LogP contribution in [-0.4, -0.2) is 17.0 Å². The second-order valence-electron chi connectivity index (χ2n) is 6.54. The smallest absolute Gasteiger partial charge is 0.335 e. The monoisotopic (exact) mass is 383 g/mol. The second-order valence-corrected chi connectivity index (χ2v) is 6.54. The van der Waals surface area contributed by atoms with Gasteiger partial charge in [-0.2, -0.15) is 0 Å². The summed E-state index contributed by atoms with van der Waals surface area (Å²) in [7, 11) is 0. The summed E-state index contributed by atoms with van der Waals surface area (Å²) in [5, 5.41) is 11.9. The van der Waals surface area contributed by atoms with E-state index in [1.807, 2.05) is 72.8 Å². The maximum Gasteiger partial charge on any atom is 0.335 e. The summed E-state index contributed by atoms with van der Waals surface area (Å²) in [4.78, 5) is 23.5. The Balaban J connectivity index is 1.75. The van der Waals surface area contributed by atoms with Crippen molar-refractivity contribution in [1.82, 2.24) is 0 Å². The van der Waals surface area contributed by atoms with Crippen LogP contribution in [0.2, 0.25) is 0 Å². The van der Waals surface area contributed by atoms with Crippen LogP contribution in [0.1, 0.15) is 34.0 Å². The van der Waals surface area contributed by atoms with Crippen LogP contribution >= 0.6 is 0 Å². The normalized spacial score (nSPS) is 11.4. The number of carbonyl (C=O) groups excluding carboxylic acids is 1. The Kier molecular flexibility index (Phi) is 6.38. The molecule has 3 aromatic carbocycles. The predicted octanol–water partition coefficient (Wildman–Crippen LogP) is 5.60. The predicted molar refractivity (Wildman–Crippen MR) is 117 cm³/mol. The zero-order valence-electron chi connectivity index (χ0n) is 16.0. The largest absolute Gasteiger partial charge is 0.478 e. The average molecular weight is 383 g/mol. The van der Waals surface area contributed by atoms with Gasteiger partial charge in [0.2, 0.25) is 0 Å². The first-order valence-corrected chi connectivity index (χ1v) is 9.18. The van der Waals surface area contributed by atoms with Crippen molar-refractivity contribution in [2.75, 3.05) is 5.32 Å². The van der Waals surface area contributed by atoms with E-state index in [-0.39, 0.29) is 11.5 Å². The van der Waals surface area contributed by atoms with E-state index in [0.29, 0.717) is 11.3 Å². The summed E-state index contributed by atoms with van der Waals surface area (Å²) >= 11 is 0. The van der Waals surface area contributed by atoms with Gasteiger partial charge in [0.25, 0.3) is 5.91 Å². The van der Waals surface area contributed by atoms with Crippen LogP contribution in [0.3, 0.4) is 0 Å². The number of carboxylic acid groups (broad SMARTS) is 1. The number of carbonyl (C=O) groups is 2. The molecule has 0 aromatic heterocycles. The fourth-order valence-electron chi connectivity index (χ4n) is 2.76. The summed E-state index contributed by atoms with van der Waals surface area (Å²) in [5.41, 5.74) is 4.26. The summed E-state index contributed by atoms with van der Waals surface area (Å²) in [6, 6.07) is 23.8. The first-order valence-electron chi connectivity index (χ1n) is 9.18. The molecule has 2 N–H and O–H groups in total. The molecule has 0 saturated carbocycles. The summed E-state index contributed by atoms with van der Waals surface area (Å²) in [6.07, 6.45) is 5.61. The highest BCUT2D eigenvalue weighted by atomic mass is 16.4. The minimum absolute atomic E-state index is 0.166. The lowest BCUT2D eigenvalue weighted by atomic mass is 10.1. The number of benzene rings is 3. The molecular weight excluding hydrogens is 362 g/mol. The van der Waals surface area contributed by atoms with Crippen molar-refractivity contribution in [3.63, 3.8) is 0 Å². The van der Waals surface area contributed by atoms with E-state index < -0.39 is 5.97 Å². The topological polar surface area (TPSA) is 66.4 Å². The van der Waals surface area contributed by atoms with E-state index in [0.717, 1.165) is 16.7 Å². The van der Waals surface area contributed by atoms with Gasteiger partial charge in [-0.1, -0.05) is 72.8 Å². The van der Waals surface area contributed by atoms with Crippen molar-refractivity contribution < 1.29 is 14.7 Å². The Bertz CT molecular complexity index is 1060. The van der Waals surface area contributed by atoms with Gasteiger partial charge in [-0.3, -0.25) is 4.79 Å². The van der Waals surface area contributed by atoms with Gasteiger partial charge >= 0.3 is 5.97 Å². The third-order valence-electron chi connectivity index (χ3n) is 4.36. The second kappa shape index (κ2) is 9.33. The molecule has 29 heavy (non-hydrogen) atoms. The third-order valence-corrected chi connectivity index (χ3v) is 4.36. The molecule has 0 fully saturated rings. The van der Waals surface area contributed by atoms with Crippen LogP contribution in [0.25, 0.3) is 18.2 Å². The van der Waals surface area contributed by atoms with E-state index in [9.17, 15) is 9.59 Å². The minimum Gasteiger partial charge on any atom is -0.478 e. The Morgan fingerprint density at radius 2 is 1.45 bits per heavy atom. The van der Waals surface area contributed by atoms with E-state index in [1.165, 1.54) is 0 Å². The van der Waals surface area contributed by atoms with Crippen molar-refractivity contribution in [2.24, 2.45) is 0 Å².